The monoisotopic (exact) mass is 352 g/mol. The van der Waals surface area contributed by atoms with E-state index in [1.807, 2.05) is 30.3 Å². The maximum atomic E-state index is 12.7. The van der Waals surface area contributed by atoms with Gasteiger partial charge in [-0.15, -0.1) is 0 Å². The lowest BCUT2D eigenvalue weighted by molar-refractivity contribution is -0.123. The van der Waals surface area contributed by atoms with Crippen molar-refractivity contribution in [2.24, 2.45) is 0 Å². The molecule has 0 aliphatic carbocycles. The van der Waals surface area contributed by atoms with Gasteiger partial charge in [-0.25, -0.2) is 4.98 Å². The molecule has 4 rings (SSSR count). The average molecular weight is 352 g/mol. The zero-order valence-corrected chi connectivity index (χ0v) is 14.3. The number of ether oxygens (including phenoxy) is 1. The van der Waals surface area contributed by atoms with Crippen molar-refractivity contribution in [3.63, 3.8) is 0 Å². The van der Waals surface area contributed by atoms with Gasteiger partial charge in [0.25, 0.3) is 0 Å². The van der Waals surface area contributed by atoms with Crippen LogP contribution in [0.15, 0.2) is 42.6 Å². The van der Waals surface area contributed by atoms with Crippen molar-refractivity contribution in [3.8, 4) is 0 Å². The first-order valence-electron chi connectivity index (χ1n) is 8.69. The van der Waals surface area contributed by atoms with E-state index in [0.29, 0.717) is 24.7 Å². The molecule has 0 radical (unpaired) electrons. The third-order valence-corrected chi connectivity index (χ3v) is 4.69. The minimum atomic E-state index is -0.513. The number of amides is 2. The lowest BCUT2D eigenvalue weighted by Crippen LogP contribution is -2.36. The third-order valence-electron chi connectivity index (χ3n) is 4.69. The standard InChI is InChI=1S/C19H20N4O3/c24-18-11-15(14-3-1-2-4-16(14)21-18)19(25)22-17-6-5-13(12-20-17)23-7-9-26-10-8-23/h1-6,12,15H,7-11H2,(H,21,24)(H,20,22,25)/t15-/m0/s1. The fraction of sp³-hybridized carbons (Fsp3) is 0.316. The number of carbonyl (C=O) groups is 2. The number of carbonyl (C=O) groups excluding carboxylic acids is 2. The van der Waals surface area contributed by atoms with Crippen molar-refractivity contribution in [2.75, 3.05) is 41.8 Å². The van der Waals surface area contributed by atoms with E-state index in [4.69, 9.17) is 4.74 Å². The van der Waals surface area contributed by atoms with Crippen LogP contribution in [0.3, 0.4) is 0 Å². The Morgan fingerprint density at radius 3 is 2.77 bits per heavy atom. The lowest BCUT2D eigenvalue weighted by Gasteiger charge is -2.28. The van der Waals surface area contributed by atoms with Crippen LogP contribution in [0.2, 0.25) is 0 Å². The van der Waals surface area contributed by atoms with E-state index in [0.717, 1.165) is 24.3 Å². The lowest BCUT2D eigenvalue weighted by atomic mass is 9.90. The molecule has 1 saturated heterocycles. The highest BCUT2D eigenvalue weighted by Crippen LogP contribution is 2.32. The molecule has 0 bridgehead atoms. The number of hydrogen-bond donors (Lipinski definition) is 2. The van der Waals surface area contributed by atoms with Gasteiger partial charge >= 0.3 is 0 Å². The maximum absolute atomic E-state index is 12.7. The SMILES string of the molecule is O=C1C[C@H](C(=O)Nc2ccc(N3CCOCC3)cn2)c2ccccc2N1. The predicted octanol–water partition coefficient (Wildman–Crippen LogP) is 1.98. The van der Waals surface area contributed by atoms with Gasteiger partial charge in [0, 0.05) is 25.2 Å². The normalized spacial score (nSPS) is 19.5. The first-order valence-corrected chi connectivity index (χ1v) is 8.69. The zero-order chi connectivity index (χ0) is 17.9. The van der Waals surface area contributed by atoms with Gasteiger partial charge in [-0.3, -0.25) is 9.59 Å². The second kappa shape index (κ2) is 7.13. The van der Waals surface area contributed by atoms with Crippen LogP contribution in [-0.4, -0.2) is 43.1 Å². The number of nitrogens with zero attached hydrogens (tertiary/aromatic N) is 2. The average Bonchev–Trinajstić information content (AvgIpc) is 2.68. The number of benzene rings is 1. The molecular formula is C19H20N4O3. The minimum absolute atomic E-state index is 0.134. The molecule has 2 N–H and O–H groups in total. The molecule has 0 saturated carbocycles. The molecule has 134 valence electrons. The van der Waals surface area contributed by atoms with Gasteiger partial charge in [0.05, 0.1) is 31.0 Å². The summed E-state index contributed by atoms with van der Waals surface area (Å²) in [7, 11) is 0. The Labute approximate surface area is 151 Å². The van der Waals surface area contributed by atoms with Crippen LogP contribution in [0.4, 0.5) is 17.2 Å². The van der Waals surface area contributed by atoms with Gasteiger partial charge in [0.1, 0.15) is 5.82 Å². The number of fused-ring (bicyclic) bond motifs is 1. The summed E-state index contributed by atoms with van der Waals surface area (Å²) in [4.78, 5) is 31.1. The van der Waals surface area contributed by atoms with Crippen molar-refractivity contribution < 1.29 is 14.3 Å². The molecule has 1 aromatic carbocycles. The van der Waals surface area contributed by atoms with E-state index in [-0.39, 0.29) is 18.2 Å². The van der Waals surface area contributed by atoms with Crippen LogP contribution in [0.25, 0.3) is 0 Å². The van der Waals surface area contributed by atoms with Crippen LogP contribution in [0.1, 0.15) is 17.9 Å². The topological polar surface area (TPSA) is 83.6 Å². The van der Waals surface area contributed by atoms with E-state index in [1.165, 1.54) is 0 Å². The van der Waals surface area contributed by atoms with Gasteiger partial charge in [0.15, 0.2) is 0 Å². The summed E-state index contributed by atoms with van der Waals surface area (Å²) in [6.45, 7) is 3.09. The smallest absolute Gasteiger partial charge is 0.233 e. The molecule has 2 aromatic rings. The summed E-state index contributed by atoms with van der Waals surface area (Å²) in [6, 6.07) is 11.1. The molecule has 1 atom stereocenters. The fourth-order valence-electron chi connectivity index (χ4n) is 3.33. The summed E-state index contributed by atoms with van der Waals surface area (Å²) >= 11 is 0. The Hall–Kier alpha value is -2.93. The molecule has 1 fully saturated rings. The first kappa shape index (κ1) is 16.5. The van der Waals surface area contributed by atoms with Crippen LogP contribution < -0.4 is 15.5 Å². The third kappa shape index (κ3) is 3.39. The van der Waals surface area contributed by atoms with Gasteiger partial charge in [-0.2, -0.15) is 0 Å². The van der Waals surface area contributed by atoms with E-state index >= 15 is 0 Å². The molecule has 1 aromatic heterocycles. The number of hydrogen-bond acceptors (Lipinski definition) is 5. The molecular weight excluding hydrogens is 332 g/mol. The Balaban J connectivity index is 1.47. The molecule has 7 heteroatoms. The van der Waals surface area contributed by atoms with Crippen molar-refractivity contribution in [3.05, 3.63) is 48.2 Å². The molecule has 2 aliphatic heterocycles. The highest BCUT2D eigenvalue weighted by molar-refractivity contribution is 6.04. The number of aromatic nitrogens is 1. The van der Waals surface area contributed by atoms with Crippen LogP contribution in [0, 0.1) is 0 Å². The highest BCUT2D eigenvalue weighted by Gasteiger charge is 2.30. The first-order chi connectivity index (χ1) is 12.7. The largest absolute Gasteiger partial charge is 0.378 e. The second-order valence-electron chi connectivity index (χ2n) is 6.38. The number of rotatable bonds is 3. The van der Waals surface area contributed by atoms with E-state index in [2.05, 4.69) is 20.5 Å². The summed E-state index contributed by atoms with van der Waals surface area (Å²) in [5, 5.41) is 5.63. The number of pyridine rings is 1. The Morgan fingerprint density at radius 2 is 2.00 bits per heavy atom. The van der Waals surface area contributed by atoms with Crippen molar-refractivity contribution in [2.45, 2.75) is 12.3 Å². The van der Waals surface area contributed by atoms with Crippen molar-refractivity contribution >= 4 is 29.0 Å². The van der Waals surface area contributed by atoms with Crippen LogP contribution in [-0.2, 0) is 14.3 Å². The summed E-state index contributed by atoms with van der Waals surface area (Å²) in [5.41, 5.74) is 2.53. The van der Waals surface area contributed by atoms with Gasteiger partial charge in [0.2, 0.25) is 11.8 Å². The quantitative estimate of drug-likeness (QED) is 0.883. The Morgan fingerprint density at radius 1 is 1.19 bits per heavy atom. The predicted molar refractivity (Wildman–Crippen MR) is 98.3 cm³/mol. The molecule has 2 amide bonds. The Kier molecular flexibility index (Phi) is 4.53. The highest BCUT2D eigenvalue weighted by atomic mass is 16.5. The number of anilines is 3. The van der Waals surface area contributed by atoms with Crippen LogP contribution >= 0.6 is 0 Å². The second-order valence-corrected chi connectivity index (χ2v) is 6.38. The molecule has 26 heavy (non-hydrogen) atoms. The van der Waals surface area contributed by atoms with E-state index < -0.39 is 5.92 Å². The number of para-hydroxylation sites is 1. The minimum Gasteiger partial charge on any atom is -0.378 e. The molecule has 3 heterocycles. The summed E-state index contributed by atoms with van der Waals surface area (Å²) < 4.78 is 5.35. The molecule has 7 nitrogen and oxygen atoms in total. The molecule has 2 aliphatic rings. The summed E-state index contributed by atoms with van der Waals surface area (Å²) in [5.74, 6) is -0.408. The summed E-state index contributed by atoms with van der Waals surface area (Å²) in [6.07, 6.45) is 1.89. The number of morpholine rings is 1. The van der Waals surface area contributed by atoms with Crippen molar-refractivity contribution in [1.82, 2.24) is 4.98 Å². The van der Waals surface area contributed by atoms with Gasteiger partial charge in [-0.05, 0) is 23.8 Å². The van der Waals surface area contributed by atoms with Gasteiger partial charge < -0.3 is 20.3 Å². The molecule has 0 unspecified atom stereocenters. The maximum Gasteiger partial charge on any atom is 0.233 e. The fourth-order valence-corrected chi connectivity index (χ4v) is 3.33. The zero-order valence-electron chi connectivity index (χ0n) is 14.3. The molecule has 0 spiro atoms. The van der Waals surface area contributed by atoms with Crippen molar-refractivity contribution in [1.29, 1.82) is 0 Å². The van der Waals surface area contributed by atoms with Crippen LogP contribution in [0.5, 0.6) is 0 Å². The number of nitrogens with one attached hydrogen (secondary N) is 2. The van der Waals surface area contributed by atoms with Gasteiger partial charge in [-0.1, -0.05) is 18.2 Å². The van der Waals surface area contributed by atoms with E-state index in [9.17, 15) is 9.59 Å². The van der Waals surface area contributed by atoms with E-state index in [1.54, 1.807) is 12.3 Å². The Bertz CT molecular complexity index is 816.